The second kappa shape index (κ2) is 6.01. The second-order valence-corrected chi connectivity index (χ2v) is 4.96. The van der Waals surface area contributed by atoms with E-state index in [9.17, 15) is 0 Å². The first-order valence-electron chi connectivity index (χ1n) is 7.18. The Bertz CT molecular complexity index is 751. The van der Waals surface area contributed by atoms with Crippen molar-refractivity contribution >= 4 is 10.9 Å². The maximum absolute atomic E-state index is 5.28. The number of hydrogen-bond donors (Lipinski definition) is 1. The molecule has 0 saturated heterocycles. The SMILES string of the molecule is CCNCCc1nc(-c2cc(C)c3ccccc3n2)no1. The molecule has 5 heteroatoms. The number of fused-ring (bicyclic) bond motifs is 1. The molecule has 0 bridgehead atoms. The molecule has 3 rings (SSSR count). The van der Waals surface area contributed by atoms with Crippen molar-refractivity contribution in [2.24, 2.45) is 0 Å². The number of para-hydroxylation sites is 1. The van der Waals surface area contributed by atoms with Crippen LogP contribution in [0.15, 0.2) is 34.9 Å². The number of aromatic nitrogens is 3. The van der Waals surface area contributed by atoms with Crippen LogP contribution in [-0.2, 0) is 6.42 Å². The fourth-order valence-corrected chi connectivity index (χ4v) is 2.30. The van der Waals surface area contributed by atoms with Crippen LogP contribution < -0.4 is 5.32 Å². The Kier molecular flexibility index (Phi) is 3.92. The third-order valence-electron chi connectivity index (χ3n) is 3.39. The molecule has 0 aliphatic carbocycles. The first-order chi connectivity index (χ1) is 10.3. The highest BCUT2D eigenvalue weighted by molar-refractivity contribution is 5.84. The van der Waals surface area contributed by atoms with E-state index in [4.69, 9.17) is 4.52 Å². The lowest BCUT2D eigenvalue weighted by atomic mass is 10.1. The summed E-state index contributed by atoms with van der Waals surface area (Å²) in [6.07, 6.45) is 0.730. The van der Waals surface area contributed by atoms with E-state index < -0.39 is 0 Å². The number of hydrogen-bond acceptors (Lipinski definition) is 5. The minimum atomic E-state index is 0.551. The summed E-state index contributed by atoms with van der Waals surface area (Å²) in [5.74, 6) is 1.19. The van der Waals surface area contributed by atoms with Gasteiger partial charge in [-0.25, -0.2) is 4.98 Å². The van der Waals surface area contributed by atoms with Crippen molar-refractivity contribution in [3.05, 3.63) is 41.8 Å². The fourth-order valence-electron chi connectivity index (χ4n) is 2.30. The minimum Gasteiger partial charge on any atom is -0.339 e. The topological polar surface area (TPSA) is 63.8 Å². The van der Waals surface area contributed by atoms with Crippen LogP contribution in [0, 0.1) is 6.92 Å². The number of nitrogens with zero attached hydrogens (tertiary/aromatic N) is 3. The van der Waals surface area contributed by atoms with Crippen LogP contribution in [0.2, 0.25) is 0 Å². The molecule has 0 aliphatic rings. The Morgan fingerprint density at radius 2 is 2.05 bits per heavy atom. The van der Waals surface area contributed by atoms with Gasteiger partial charge in [-0.1, -0.05) is 30.3 Å². The molecule has 0 unspecified atom stereocenters. The number of nitrogens with one attached hydrogen (secondary N) is 1. The third-order valence-corrected chi connectivity index (χ3v) is 3.39. The van der Waals surface area contributed by atoms with Gasteiger partial charge in [0.2, 0.25) is 11.7 Å². The molecule has 2 heterocycles. The first kappa shape index (κ1) is 13.7. The van der Waals surface area contributed by atoms with Gasteiger partial charge in [-0.3, -0.25) is 0 Å². The Hall–Kier alpha value is -2.27. The van der Waals surface area contributed by atoms with Crippen LogP contribution in [0.3, 0.4) is 0 Å². The van der Waals surface area contributed by atoms with E-state index in [1.807, 2.05) is 24.3 Å². The Labute approximate surface area is 123 Å². The summed E-state index contributed by atoms with van der Waals surface area (Å²) in [6, 6.07) is 10.1. The summed E-state index contributed by atoms with van der Waals surface area (Å²) < 4.78 is 5.28. The molecule has 5 nitrogen and oxygen atoms in total. The molecule has 3 aromatic rings. The molecule has 108 valence electrons. The highest BCUT2D eigenvalue weighted by atomic mass is 16.5. The van der Waals surface area contributed by atoms with E-state index >= 15 is 0 Å². The van der Waals surface area contributed by atoms with Crippen molar-refractivity contribution in [1.82, 2.24) is 20.4 Å². The first-order valence-corrected chi connectivity index (χ1v) is 7.18. The van der Waals surface area contributed by atoms with Gasteiger partial charge >= 0.3 is 0 Å². The van der Waals surface area contributed by atoms with Crippen molar-refractivity contribution in [1.29, 1.82) is 0 Å². The summed E-state index contributed by atoms with van der Waals surface area (Å²) in [4.78, 5) is 9.04. The van der Waals surface area contributed by atoms with Crippen molar-refractivity contribution in [3.63, 3.8) is 0 Å². The normalized spacial score (nSPS) is 11.1. The molecule has 1 aromatic carbocycles. The van der Waals surface area contributed by atoms with E-state index in [0.29, 0.717) is 11.7 Å². The van der Waals surface area contributed by atoms with Gasteiger partial charge in [0.15, 0.2) is 0 Å². The number of pyridine rings is 1. The Morgan fingerprint density at radius 1 is 1.19 bits per heavy atom. The monoisotopic (exact) mass is 282 g/mol. The highest BCUT2D eigenvalue weighted by Crippen LogP contribution is 2.22. The molecule has 0 radical (unpaired) electrons. The van der Waals surface area contributed by atoms with Crippen LogP contribution in [0.5, 0.6) is 0 Å². The smallest absolute Gasteiger partial charge is 0.228 e. The molecule has 0 aliphatic heterocycles. The molecule has 2 aromatic heterocycles. The Morgan fingerprint density at radius 3 is 2.90 bits per heavy atom. The van der Waals surface area contributed by atoms with E-state index in [1.54, 1.807) is 0 Å². The fraction of sp³-hybridized carbons (Fsp3) is 0.312. The summed E-state index contributed by atoms with van der Waals surface area (Å²) in [6.45, 7) is 5.91. The third kappa shape index (κ3) is 2.92. The van der Waals surface area contributed by atoms with Gasteiger partial charge in [0.05, 0.1) is 5.52 Å². The van der Waals surface area contributed by atoms with Gasteiger partial charge in [0, 0.05) is 18.4 Å². The summed E-state index contributed by atoms with van der Waals surface area (Å²) >= 11 is 0. The zero-order valence-corrected chi connectivity index (χ0v) is 12.3. The van der Waals surface area contributed by atoms with Crippen LogP contribution in [0.1, 0.15) is 18.4 Å². The van der Waals surface area contributed by atoms with Gasteiger partial charge in [-0.2, -0.15) is 4.98 Å². The Balaban J connectivity index is 1.90. The maximum Gasteiger partial charge on any atom is 0.228 e. The van der Waals surface area contributed by atoms with Crippen LogP contribution >= 0.6 is 0 Å². The maximum atomic E-state index is 5.28. The van der Waals surface area contributed by atoms with Crippen molar-refractivity contribution in [3.8, 4) is 11.5 Å². The molecule has 1 N–H and O–H groups in total. The number of benzene rings is 1. The number of likely N-dealkylation sites (N-methyl/N-ethyl adjacent to an activating group) is 1. The predicted molar refractivity (Wildman–Crippen MR) is 82.0 cm³/mol. The molecule has 0 fully saturated rings. The van der Waals surface area contributed by atoms with E-state index in [2.05, 4.69) is 40.4 Å². The standard InChI is InChI=1S/C16H18N4O/c1-3-17-9-8-15-19-16(20-21-15)14-10-11(2)12-6-4-5-7-13(12)18-14/h4-7,10,17H,3,8-9H2,1-2H3. The average molecular weight is 282 g/mol. The molecule has 0 spiro atoms. The molecular weight excluding hydrogens is 264 g/mol. The average Bonchev–Trinajstić information content (AvgIpc) is 2.96. The van der Waals surface area contributed by atoms with Crippen molar-refractivity contribution in [2.75, 3.05) is 13.1 Å². The molecule has 0 atom stereocenters. The van der Waals surface area contributed by atoms with Crippen molar-refractivity contribution in [2.45, 2.75) is 20.3 Å². The van der Waals surface area contributed by atoms with Crippen LogP contribution in [0.25, 0.3) is 22.4 Å². The van der Waals surface area contributed by atoms with Gasteiger partial charge in [0.1, 0.15) is 5.69 Å². The number of aryl methyl sites for hydroxylation is 1. The lowest BCUT2D eigenvalue weighted by Gasteiger charge is -2.03. The second-order valence-electron chi connectivity index (χ2n) is 4.96. The molecule has 21 heavy (non-hydrogen) atoms. The molecular formula is C16H18N4O. The van der Waals surface area contributed by atoms with Crippen molar-refractivity contribution < 1.29 is 4.52 Å². The van der Waals surface area contributed by atoms with Gasteiger partial charge in [0.25, 0.3) is 0 Å². The largest absolute Gasteiger partial charge is 0.339 e. The highest BCUT2D eigenvalue weighted by Gasteiger charge is 2.11. The van der Waals surface area contributed by atoms with E-state index in [1.165, 1.54) is 0 Å². The van der Waals surface area contributed by atoms with E-state index in [-0.39, 0.29) is 0 Å². The predicted octanol–water partition coefficient (Wildman–Crippen LogP) is 2.75. The lowest BCUT2D eigenvalue weighted by molar-refractivity contribution is 0.376. The quantitative estimate of drug-likeness (QED) is 0.729. The zero-order valence-electron chi connectivity index (χ0n) is 12.3. The molecule has 0 saturated carbocycles. The lowest BCUT2D eigenvalue weighted by Crippen LogP contribution is -2.16. The van der Waals surface area contributed by atoms with Gasteiger partial charge in [-0.15, -0.1) is 0 Å². The zero-order chi connectivity index (χ0) is 14.7. The number of rotatable bonds is 5. The minimum absolute atomic E-state index is 0.551. The summed E-state index contributed by atoms with van der Waals surface area (Å²) in [7, 11) is 0. The van der Waals surface area contributed by atoms with Gasteiger partial charge in [-0.05, 0) is 31.2 Å². The summed E-state index contributed by atoms with van der Waals surface area (Å²) in [5.41, 5.74) is 2.87. The van der Waals surface area contributed by atoms with E-state index in [0.717, 1.165) is 41.7 Å². The summed E-state index contributed by atoms with van der Waals surface area (Å²) in [5, 5.41) is 8.42. The van der Waals surface area contributed by atoms with Crippen LogP contribution in [0.4, 0.5) is 0 Å². The van der Waals surface area contributed by atoms with Crippen LogP contribution in [-0.4, -0.2) is 28.2 Å². The molecule has 0 amide bonds. The van der Waals surface area contributed by atoms with Gasteiger partial charge < -0.3 is 9.84 Å².